The number of nitrogens with one attached hydrogen (secondary N) is 1. The van der Waals surface area contributed by atoms with Gasteiger partial charge in [0.05, 0.1) is 29.5 Å². The van der Waals surface area contributed by atoms with Crippen molar-refractivity contribution in [2.75, 3.05) is 19.0 Å². The molecule has 2 rings (SSSR count). The third-order valence-electron chi connectivity index (χ3n) is 3.46. The molecule has 0 radical (unpaired) electrons. The molecule has 0 aliphatic heterocycles. The van der Waals surface area contributed by atoms with Gasteiger partial charge >= 0.3 is 5.97 Å². The standard InChI is InChI=1S/C19H17ClF3NO5/c1-9(2)29-18-11(20)6-10(7-14(18)27-3)19(26)28-8-15(25)24-13-5-4-12(21)16(22)17(13)23/h4-7,9H,8H2,1-3H3,(H,24,25). The van der Waals surface area contributed by atoms with Crippen LogP contribution in [0.3, 0.4) is 0 Å². The van der Waals surface area contributed by atoms with Crippen LogP contribution in [-0.4, -0.2) is 31.7 Å². The first-order valence-electron chi connectivity index (χ1n) is 8.28. The highest BCUT2D eigenvalue weighted by molar-refractivity contribution is 6.32. The van der Waals surface area contributed by atoms with Crippen LogP contribution in [0.1, 0.15) is 24.2 Å². The Morgan fingerprint density at radius 1 is 1.14 bits per heavy atom. The summed E-state index contributed by atoms with van der Waals surface area (Å²) in [4.78, 5) is 24.0. The van der Waals surface area contributed by atoms with Crippen molar-refractivity contribution in [3.05, 3.63) is 52.3 Å². The smallest absolute Gasteiger partial charge is 0.338 e. The maximum absolute atomic E-state index is 13.6. The van der Waals surface area contributed by atoms with E-state index in [2.05, 4.69) is 0 Å². The zero-order chi connectivity index (χ0) is 21.7. The Hall–Kier alpha value is -2.94. The van der Waals surface area contributed by atoms with Crippen LogP contribution in [0.5, 0.6) is 11.5 Å². The van der Waals surface area contributed by atoms with Gasteiger partial charge in [-0.2, -0.15) is 0 Å². The van der Waals surface area contributed by atoms with Gasteiger partial charge in [0.2, 0.25) is 0 Å². The highest BCUT2D eigenvalue weighted by Crippen LogP contribution is 2.37. The van der Waals surface area contributed by atoms with Crippen LogP contribution in [0.25, 0.3) is 0 Å². The number of rotatable bonds is 7. The molecular weight excluding hydrogens is 415 g/mol. The number of esters is 1. The first kappa shape index (κ1) is 22.4. The Bertz CT molecular complexity index is 937. The van der Waals surface area contributed by atoms with Crippen molar-refractivity contribution >= 4 is 29.2 Å². The minimum atomic E-state index is -1.73. The molecule has 1 amide bonds. The van der Waals surface area contributed by atoms with E-state index in [0.717, 1.165) is 6.07 Å². The molecule has 2 aromatic carbocycles. The number of hydrogen-bond donors (Lipinski definition) is 1. The van der Waals surface area contributed by atoms with E-state index in [0.29, 0.717) is 6.07 Å². The van der Waals surface area contributed by atoms with Crippen LogP contribution in [0.15, 0.2) is 24.3 Å². The van der Waals surface area contributed by atoms with Gasteiger partial charge in [-0.05, 0) is 38.1 Å². The van der Waals surface area contributed by atoms with Gasteiger partial charge in [-0.1, -0.05) is 11.6 Å². The molecule has 0 fully saturated rings. The lowest BCUT2D eigenvalue weighted by molar-refractivity contribution is -0.119. The SMILES string of the molecule is COc1cc(C(=O)OCC(=O)Nc2ccc(F)c(F)c2F)cc(Cl)c1OC(C)C. The third-order valence-corrected chi connectivity index (χ3v) is 3.74. The van der Waals surface area contributed by atoms with E-state index in [1.54, 1.807) is 13.8 Å². The number of methoxy groups -OCH3 is 1. The predicted octanol–water partition coefficient (Wildman–Crippen LogP) is 4.35. The average molecular weight is 432 g/mol. The van der Waals surface area contributed by atoms with Crippen LogP contribution in [-0.2, 0) is 9.53 Å². The monoisotopic (exact) mass is 431 g/mol. The molecule has 0 unspecified atom stereocenters. The Morgan fingerprint density at radius 3 is 2.45 bits per heavy atom. The largest absolute Gasteiger partial charge is 0.493 e. The number of ether oxygens (including phenoxy) is 3. The van der Waals surface area contributed by atoms with Crippen molar-refractivity contribution in [3.8, 4) is 11.5 Å². The second-order valence-electron chi connectivity index (χ2n) is 6.00. The van der Waals surface area contributed by atoms with Crippen LogP contribution in [0, 0.1) is 17.5 Å². The molecule has 0 bridgehead atoms. The molecular formula is C19H17ClF3NO5. The van der Waals surface area contributed by atoms with E-state index >= 15 is 0 Å². The fourth-order valence-corrected chi connectivity index (χ4v) is 2.47. The minimum absolute atomic E-state index is 0.0187. The topological polar surface area (TPSA) is 73.9 Å². The summed E-state index contributed by atoms with van der Waals surface area (Å²) in [6, 6.07) is 4.08. The van der Waals surface area contributed by atoms with E-state index in [1.807, 2.05) is 5.32 Å². The van der Waals surface area contributed by atoms with E-state index in [4.69, 9.17) is 25.8 Å². The van der Waals surface area contributed by atoms with E-state index in [9.17, 15) is 22.8 Å². The molecule has 10 heteroatoms. The number of anilines is 1. The average Bonchev–Trinajstić information content (AvgIpc) is 2.67. The Labute approximate surface area is 169 Å². The van der Waals surface area contributed by atoms with E-state index < -0.39 is 41.6 Å². The van der Waals surface area contributed by atoms with Gasteiger partial charge in [0.15, 0.2) is 35.6 Å². The molecule has 6 nitrogen and oxygen atoms in total. The summed E-state index contributed by atoms with van der Waals surface area (Å²) >= 11 is 6.12. The molecule has 1 N–H and O–H groups in total. The molecule has 0 aromatic heterocycles. The van der Waals surface area contributed by atoms with Crippen molar-refractivity contribution in [2.45, 2.75) is 20.0 Å². The maximum atomic E-state index is 13.6. The molecule has 156 valence electrons. The first-order chi connectivity index (χ1) is 13.6. The number of carbonyl (C=O) groups is 2. The second kappa shape index (κ2) is 9.51. The Morgan fingerprint density at radius 2 is 1.83 bits per heavy atom. The summed E-state index contributed by atoms with van der Waals surface area (Å²) in [7, 11) is 1.36. The third kappa shape index (κ3) is 5.54. The molecule has 2 aromatic rings. The highest BCUT2D eigenvalue weighted by Gasteiger charge is 2.19. The van der Waals surface area contributed by atoms with E-state index in [1.165, 1.54) is 19.2 Å². The molecule has 0 saturated heterocycles. The summed E-state index contributed by atoms with van der Waals surface area (Å²) in [5, 5.41) is 2.08. The number of hydrogen-bond acceptors (Lipinski definition) is 5. The van der Waals surface area contributed by atoms with Crippen LogP contribution >= 0.6 is 11.6 Å². The summed E-state index contributed by atoms with van der Waals surface area (Å²) < 4.78 is 55.2. The lowest BCUT2D eigenvalue weighted by Crippen LogP contribution is -2.22. The van der Waals surface area contributed by atoms with Crippen molar-refractivity contribution in [1.29, 1.82) is 0 Å². The van der Waals surface area contributed by atoms with Gasteiger partial charge in [0.1, 0.15) is 0 Å². The molecule has 0 aliphatic carbocycles. The fraction of sp³-hybridized carbons (Fsp3) is 0.263. The quantitative estimate of drug-likeness (QED) is 0.521. The Balaban J connectivity index is 2.06. The molecule has 0 aliphatic rings. The minimum Gasteiger partial charge on any atom is -0.493 e. The molecule has 0 heterocycles. The van der Waals surface area contributed by atoms with Gasteiger partial charge < -0.3 is 19.5 Å². The van der Waals surface area contributed by atoms with Crippen molar-refractivity contribution in [3.63, 3.8) is 0 Å². The summed E-state index contributed by atoms with van der Waals surface area (Å²) in [5.41, 5.74) is -0.611. The van der Waals surface area contributed by atoms with Crippen LogP contribution in [0.4, 0.5) is 18.9 Å². The van der Waals surface area contributed by atoms with Gasteiger partial charge in [-0.3, -0.25) is 4.79 Å². The van der Waals surface area contributed by atoms with Crippen molar-refractivity contribution < 1.29 is 37.0 Å². The number of amides is 1. The Kier molecular flexibility index (Phi) is 7.33. The molecule has 0 saturated carbocycles. The second-order valence-corrected chi connectivity index (χ2v) is 6.41. The summed E-state index contributed by atoms with van der Waals surface area (Å²) in [6.07, 6.45) is -0.195. The van der Waals surface area contributed by atoms with Crippen LogP contribution < -0.4 is 14.8 Å². The first-order valence-corrected chi connectivity index (χ1v) is 8.66. The normalized spacial score (nSPS) is 10.6. The van der Waals surface area contributed by atoms with Gasteiger partial charge in [-0.15, -0.1) is 0 Å². The van der Waals surface area contributed by atoms with Crippen LogP contribution in [0.2, 0.25) is 5.02 Å². The zero-order valence-corrected chi connectivity index (χ0v) is 16.4. The van der Waals surface area contributed by atoms with Crippen molar-refractivity contribution in [1.82, 2.24) is 0 Å². The van der Waals surface area contributed by atoms with Crippen molar-refractivity contribution in [2.24, 2.45) is 0 Å². The van der Waals surface area contributed by atoms with Gasteiger partial charge in [-0.25, -0.2) is 18.0 Å². The molecule has 29 heavy (non-hydrogen) atoms. The summed E-state index contributed by atoms with van der Waals surface area (Å²) in [6.45, 7) is 2.76. The molecule has 0 atom stereocenters. The predicted molar refractivity (Wildman–Crippen MR) is 99.0 cm³/mol. The van der Waals surface area contributed by atoms with Gasteiger partial charge in [0, 0.05) is 0 Å². The maximum Gasteiger partial charge on any atom is 0.338 e. The zero-order valence-electron chi connectivity index (χ0n) is 15.6. The number of benzene rings is 2. The summed E-state index contributed by atoms with van der Waals surface area (Å²) in [5.74, 6) is -6.14. The van der Waals surface area contributed by atoms with E-state index in [-0.39, 0.29) is 28.2 Å². The number of carbonyl (C=O) groups excluding carboxylic acids is 2. The molecule has 0 spiro atoms. The fourth-order valence-electron chi connectivity index (χ4n) is 2.21. The lowest BCUT2D eigenvalue weighted by atomic mass is 10.2. The highest BCUT2D eigenvalue weighted by atomic mass is 35.5. The van der Waals surface area contributed by atoms with Gasteiger partial charge in [0.25, 0.3) is 5.91 Å². The number of halogens is 4. The lowest BCUT2D eigenvalue weighted by Gasteiger charge is -2.16.